The Hall–Kier alpha value is -1.26. The fraction of sp³-hybridized carbons (Fsp3) is 0.500. The van der Waals surface area contributed by atoms with E-state index in [2.05, 4.69) is 35.4 Å². The Morgan fingerprint density at radius 3 is 2.50 bits per heavy atom. The van der Waals surface area contributed by atoms with Crippen molar-refractivity contribution < 1.29 is 0 Å². The Balaban J connectivity index is 1.98. The van der Waals surface area contributed by atoms with Crippen LogP contribution in [0.25, 0.3) is 0 Å². The average Bonchev–Trinajstić information content (AvgIpc) is 2.25. The number of benzene rings is 1. The first-order chi connectivity index (χ1) is 7.65. The summed E-state index contributed by atoms with van der Waals surface area (Å²) in [5.41, 5.74) is 12.4. The average molecular weight is 220 g/mol. The first-order valence-electron chi connectivity index (χ1n) is 5.71. The standard InChI is InChI=1S/C12H20N4/c1-10-3-4-12(11(13)9-10)14-16-7-5-15(2)6-8-16/h3-4,9,14H,5-8,13H2,1-2H3. The van der Waals surface area contributed by atoms with E-state index < -0.39 is 0 Å². The number of anilines is 2. The predicted molar refractivity (Wildman–Crippen MR) is 68.3 cm³/mol. The predicted octanol–water partition coefficient (Wildman–Crippen LogP) is 1.15. The quantitative estimate of drug-likeness (QED) is 0.734. The van der Waals surface area contributed by atoms with Gasteiger partial charge in [0.2, 0.25) is 0 Å². The van der Waals surface area contributed by atoms with Crippen molar-refractivity contribution in [1.29, 1.82) is 0 Å². The summed E-state index contributed by atoms with van der Waals surface area (Å²) in [4.78, 5) is 2.33. The van der Waals surface area contributed by atoms with Crippen LogP contribution in [0, 0.1) is 6.92 Å². The van der Waals surface area contributed by atoms with Crippen molar-refractivity contribution >= 4 is 11.4 Å². The third kappa shape index (κ3) is 2.65. The molecule has 16 heavy (non-hydrogen) atoms. The van der Waals surface area contributed by atoms with Crippen LogP contribution in [-0.2, 0) is 0 Å². The van der Waals surface area contributed by atoms with Crippen molar-refractivity contribution in [3.05, 3.63) is 23.8 Å². The highest BCUT2D eigenvalue weighted by molar-refractivity contribution is 5.66. The molecule has 0 aromatic heterocycles. The molecule has 0 bridgehead atoms. The van der Waals surface area contributed by atoms with Crippen molar-refractivity contribution in [2.45, 2.75) is 6.92 Å². The summed E-state index contributed by atoms with van der Waals surface area (Å²) in [7, 11) is 2.15. The number of piperazine rings is 1. The Kier molecular flexibility index (Phi) is 3.31. The number of rotatable bonds is 2. The molecule has 4 heteroatoms. The minimum absolute atomic E-state index is 0.818. The number of hydrazine groups is 1. The molecule has 0 saturated carbocycles. The van der Waals surface area contributed by atoms with Crippen LogP contribution in [0.15, 0.2) is 18.2 Å². The lowest BCUT2D eigenvalue weighted by Gasteiger charge is -2.33. The van der Waals surface area contributed by atoms with Crippen molar-refractivity contribution in [3.63, 3.8) is 0 Å². The lowest BCUT2D eigenvalue weighted by molar-refractivity contribution is 0.179. The normalized spacial score (nSPS) is 18.6. The molecule has 2 rings (SSSR count). The van der Waals surface area contributed by atoms with Gasteiger partial charge < -0.3 is 16.1 Å². The molecule has 1 aromatic rings. The fourth-order valence-electron chi connectivity index (χ4n) is 1.87. The lowest BCUT2D eigenvalue weighted by atomic mass is 10.2. The molecule has 1 aliphatic rings. The molecule has 3 N–H and O–H groups in total. The number of nitrogen functional groups attached to an aromatic ring is 1. The first kappa shape index (κ1) is 11.2. The maximum atomic E-state index is 5.97. The number of nitrogens with one attached hydrogen (secondary N) is 1. The molecular weight excluding hydrogens is 200 g/mol. The highest BCUT2D eigenvalue weighted by Crippen LogP contribution is 2.20. The maximum absolute atomic E-state index is 5.97. The Morgan fingerprint density at radius 2 is 1.88 bits per heavy atom. The molecule has 0 aliphatic carbocycles. The van der Waals surface area contributed by atoms with Crippen LogP contribution in [0.4, 0.5) is 11.4 Å². The van der Waals surface area contributed by atoms with Gasteiger partial charge in [0.1, 0.15) is 0 Å². The maximum Gasteiger partial charge on any atom is 0.0720 e. The molecule has 88 valence electrons. The van der Waals surface area contributed by atoms with Gasteiger partial charge in [-0.2, -0.15) is 0 Å². The highest BCUT2D eigenvalue weighted by Gasteiger charge is 2.13. The third-order valence-corrected chi connectivity index (χ3v) is 2.99. The second kappa shape index (κ2) is 4.72. The van der Waals surface area contributed by atoms with Crippen LogP contribution >= 0.6 is 0 Å². The van der Waals surface area contributed by atoms with Gasteiger partial charge in [-0.1, -0.05) is 6.07 Å². The SMILES string of the molecule is Cc1ccc(NN2CCN(C)CC2)c(N)c1. The van der Waals surface area contributed by atoms with E-state index in [1.165, 1.54) is 5.56 Å². The molecular formula is C12H20N4. The van der Waals surface area contributed by atoms with Crippen molar-refractivity contribution in [1.82, 2.24) is 9.91 Å². The van der Waals surface area contributed by atoms with Crippen LogP contribution in [0.3, 0.4) is 0 Å². The molecule has 4 nitrogen and oxygen atoms in total. The van der Waals surface area contributed by atoms with Gasteiger partial charge in [-0.05, 0) is 31.7 Å². The van der Waals surface area contributed by atoms with Crippen molar-refractivity contribution in [3.8, 4) is 0 Å². The second-order valence-corrected chi connectivity index (χ2v) is 4.49. The summed E-state index contributed by atoms with van der Waals surface area (Å²) >= 11 is 0. The molecule has 1 saturated heterocycles. The van der Waals surface area contributed by atoms with E-state index in [0.717, 1.165) is 37.6 Å². The van der Waals surface area contributed by atoms with Crippen LogP contribution in [0.2, 0.25) is 0 Å². The molecule has 0 atom stereocenters. The third-order valence-electron chi connectivity index (χ3n) is 2.99. The molecule has 0 amide bonds. The summed E-state index contributed by atoms with van der Waals surface area (Å²) in [6, 6.07) is 6.12. The van der Waals surface area contributed by atoms with Gasteiger partial charge in [0.25, 0.3) is 0 Å². The van der Waals surface area contributed by atoms with Crippen molar-refractivity contribution in [2.24, 2.45) is 0 Å². The molecule has 1 aromatic carbocycles. The number of hydrogen-bond donors (Lipinski definition) is 2. The molecule has 1 fully saturated rings. The minimum atomic E-state index is 0.818. The number of aryl methyl sites for hydroxylation is 1. The summed E-state index contributed by atoms with van der Waals surface area (Å²) < 4.78 is 0. The monoisotopic (exact) mass is 220 g/mol. The summed E-state index contributed by atoms with van der Waals surface area (Å²) in [6.07, 6.45) is 0. The highest BCUT2D eigenvalue weighted by atomic mass is 15.5. The second-order valence-electron chi connectivity index (χ2n) is 4.49. The van der Waals surface area contributed by atoms with Gasteiger partial charge in [-0.25, -0.2) is 5.01 Å². The van der Waals surface area contributed by atoms with E-state index in [1.807, 2.05) is 12.1 Å². The van der Waals surface area contributed by atoms with E-state index in [4.69, 9.17) is 5.73 Å². The summed E-state index contributed by atoms with van der Waals surface area (Å²) in [5.74, 6) is 0. The summed E-state index contributed by atoms with van der Waals surface area (Å²) in [5, 5.41) is 2.22. The zero-order valence-electron chi connectivity index (χ0n) is 10.0. The van der Waals surface area contributed by atoms with Gasteiger partial charge in [-0.15, -0.1) is 0 Å². The Morgan fingerprint density at radius 1 is 1.19 bits per heavy atom. The zero-order valence-corrected chi connectivity index (χ0v) is 10.0. The molecule has 1 aliphatic heterocycles. The van der Waals surface area contributed by atoms with E-state index in [-0.39, 0.29) is 0 Å². The van der Waals surface area contributed by atoms with Gasteiger partial charge in [0.15, 0.2) is 0 Å². The van der Waals surface area contributed by atoms with E-state index >= 15 is 0 Å². The number of likely N-dealkylation sites (N-methyl/N-ethyl adjacent to an activating group) is 1. The van der Waals surface area contributed by atoms with E-state index in [1.54, 1.807) is 0 Å². The first-order valence-corrected chi connectivity index (χ1v) is 5.71. The molecule has 0 unspecified atom stereocenters. The summed E-state index contributed by atoms with van der Waals surface area (Å²) in [6.45, 7) is 6.31. The molecule has 0 radical (unpaired) electrons. The lowest BCUT2D eigenvalue weighted by Crippen LogP contribution is -2.47. The largest absolute Gasteiger partial charge is 0.397 e. The zero-order chi connectivity index (χ0) is 11.5. The Bertz CT molecular complexity index is 356. The molecule has 1 heterocycles. The Labute approximate surface area is 97.0 Å². The van der Waals surface area contributed by atoms with Crippen LogP contribution in [0.5, 0.6) is 0 Å². The molecule has 0 spiro atoms. The van der Waals surface area contributed by atoms with Crippen LogP contribution in [-0.4, -0.2) is 43.1 Å². The van der Waals surface area contributed by atoms with Crippen LogP contribution < -0.4 is 11.2 Å². The topological polar surface area (TPSA) is 44.5 Å². The van der Waals surface area contributed by atoms with Gasteiger partial charge in [-0.3, -0.25) is 0 Å². The van der Waals surface area contributed by atoms with Gasteiger partial charge >= 0.3 is 0 Å². The van der Waals surface area contributed by atoms with Gasteiger partial charge in [0, 0.05) is 26.2 Å². The van der Waals surface area contributed by atoms with Gasteiger partial charge in [0.05, 0.1) is 11.4 Å². The number of nitrogens with zero attached hydrogens (tertiary/aromatic N) is 2. The fourth-order valence-corrected chi connectivity index (χ4v) is 1.87. The van der Waals surface area contributed by atoms with Crippen molar-refractivity contribution in [2.75, 3.05) is 44.4 Å². The number of hydrogen-bond acceptors (Lipinski definition) is 4. The smallest absolute Gasteiger partial charge is 0.0720 e. The number of nitrogens with two attached hydrogens (primary N) is 1. The van der Waals surface area contributed by atoms with E-state index in [9.17, 15) is 0 Å². The van der Waals surface area contributed by atoms with E-state index in [0.29, 0.717) is 0 Å². The van der Waals surface area contributed by atoms with Crippen LogP contribution in [0.1, 0.15) is 5.56 Å². The minimum Gasteiger partial charge on any atom is -0.397 e.